The van der Waals surface area contributed by atoms with E-state index in [0.29, 0.717) is 0 Å². The average Bonchev–Trinajstić information content (AvgIpc) is 2.51. The first-order valence-electron chi connectivity index (χ1n) is 6.19. The molecule has 0 fully saturated rings. The fourth-order valence-electron chi connectivity index (χ4n) is 1.80. The molecular weight excluding hydrogens is 404 g/mol. The highest BCUT2D eigenvalue weighted by molar-refractivity contribution is 6.50. The number of anilines is 1. The summed E-state index contributed by atoms with van der Waals surface area (Å²) < 4.78 is 0.876. The third-order valence-electron chi connectivity index (χ3n) is 2.89. The third kappa shape index (κ3) is 3.81. The molecule has 11 heteroatoms. The molecule has 7 nitrogen and oxygen atoms in total. The minimum absolute atomic E-state index is 0.0145. The summed E-state index contributed by atoms with van der Waals surface area (Å²) in [4.78, 5) is 33.9. The molecule has 0 spiro atoms. The largest absolute Gasteiger partial charge is 0.334 e. The van der Waals surface area contributed by atoms with Gasteiger partial charge in [-0.05, 0) is 12.1 Å². The molecule has 2 rings (SSSR count). The Morgan fingerprint density at radius 1 is 1.21 bits per heavy atom. The fourth-order valence-corrected chi connectivity index (χ4v) is 2.71. The molecule has 1 amide bonds. The number of hydrogen-bond donors (Lipinski definition) is 1. The zero-order chi connectivity index (χ0) is 18.0. The molecule has 0 radical (unpaired) electrons. The molecule has 0 saturated carbocycles. The highest BCUT2D eigenvalue weighted by atomic mass is 35.5. The Morgan fingerprint density at radius 3 is 2.33 bits per heavy atom. The van der Waals surface area contributed by atoms with Crippen LogP contribution in [0.25, 0.3) is 0 Å². The minimum Gasteiger partial charge on any atom is -0.322 e. The number of aromatic nitrogens is 1. The number of rotatable bonds is 4. The van der Waals surface area contributed by atoms with Gasteiger partial charge in [-0.3, -0.25) is 19.7 Å². The standard InChI is InChI=1S/C13H7Cl4N3O4/c14-6-4-7(15)11(17)12(10(6)16)18-9(21)5-19-3-1-2-8(13(19)22)20(23)24/h1-4H,5H2,(H,18,21). The second kappa shape index (κ2) is 7.40. The van der Waals surface area contributed by atoms with Gasteiger partial charge in [0.25, 0.3) is 0 Å². The van der Waals surface area contributed by atoms with E-state index < -0.39 is 28.6 Å². The summed E-state index contributed by atoms with van der Waals surface area (Å²) in [6, 6.07) is 3.64. The Kier molecular flexibility index (Phi) is 5.71. The summed E-state index contributed by atoms with van der Waals surface area (Å²) in [5.41, 5.74) is -1.58. The quantitative estimate of drug-likeness (QED) is 0.468. The van der Waals surface area contributed by atoms with E-state index in [1.165, 1.54) is 18.3 Å². The molecule has 0 aliphatic carbocycles. The summed E-state index contributed by atoms with van der Waals surface area (Å²) in [5.74, 6) is -0.695. The number of nitrogens with zero attached hydrogens (tertiary/aromatic N) is 2. The lowest BCUT2D eigenvalue weighted by Crippen LogP contribution is -2.28. The van der Waals surface area contributed by atoms with Gasteiger partial charge in [0, 0.05) is 12.3 Å². The summed E-state index contributed by atoms with van der Waals surface area (Å²) in [6.45, 7) is -0.489. The maximum absolute atomic E-state index is 12.1. The normalized spacial score (nSPS) is 10.5. The first kappa shape index (κ1) is 18.5. The lowest BCUT2D eigenvalue weighted by atomic mass is 10.3. The number of carbonyl (C=O) groups excluding carboxylic acids is 1. The predicted octanol–water partition coefficient (Wildman–Crippen LogP) is 4.01. The van der Waals surface area contributed by atoms with Crippen molar-refractivity contribution in [1.82, 2.24) is 4.57 Å². The highest BCUT2D eigenvalue weighted by Gasteiger charge is 2.18. The molecule has 1 N–H and O–H groups in total. The monoisotopic (exact) mass is 409 g/mol. The van der Waals surface area contributed by atoms with E-state index in [1.54, 1.807) is 0 Å². The Morgan fingerprint density at radius 2 is 1.79 bits per heavy atom. The van der Waals surface area contributed by atoms with Gasteiger partial charge < -0.3 is 9.88 Å². The molecule has 0 saturated heterocycles. The highest BCUT2D eigenvalue weighted by Crippen LogP contribution is 2.40. The van der Waals surface area contributed by atoms with Gasteiger partial charge in [0.1, 0.15) is 6.54 Å². The van der Waals surface area contributed by atoms with Crippen molar-refractivity contribution in [3.8, 4) is 0 Å². The maximum Gasteiger partial charge on any atom is 0.334 e. The van der Waals surface area contributed by atoms with Gasteiger partial charge in [0.15, 0.2) is 0 Å². The van der Waals surface area contributed by atoms with E-state index in [-0.39, 0.29) is 25.8 Å². The van der Waals surface area contributed by atoms with Crippen LogP contribution in [0.4, 0.5) is 11.4 Å². The Bertz CT molecular complexity index is 871. The summed E-state index contributed by atoms with van der Waals surface area (Å²) >= 11 is 23.7. The number of nitro groups is 1. The number of pyridine rings is 1. The first-order valence-corrected chi connectivity index (χ1v) is 7.70. The molecule has 0 aliphatic rings. The molecular formula is C13H7Cl4N3O4. The zero-order valence-electron chi connectivity index (χ0n) is 11.6. The molecule has 126 valence electrons. The van der Waals surface area contributed by atoms with Crippen molar-refractivity contribution in [2.75, 3.05) is 5.32 Å². The molecule has 0 atom stereocenters. The van der Waals surface area contributed by atoms with E-state index in [0.717, 1.165) is 10.6 Å². The molecule has 2 aromatic rings. The Labute approximate surface area is 154 Å². The van der Waals surface area contributed by atoms with Gasteiger partial charge in [-0.1, -0.05) is 46.4 Å². The van der Waals surface area contributed by atoms with Crippen LogP contribution in [0.5, 0.6) is 0 Å². The van der Waals surface area contributed by atoms with Gasteiger partial charge in [0.2, 0.25) is 5.91 Å². The Balaban J connectivity index is 2.29. The van der Waals surface area contributed by atoms with Gasteiger partial charge in [0.05, 0.1) is 30.7 Å². The zero-order valence-corrected chi connectivity index (χ0v) is 14.6. The van der Waals surface area contributed by atoms with Crippen LogP contribution < -0.4 is 10.9 Å². The van der Waals surface area contributed by atoms with E-state index in [1.807, 2.05) is 0 Å². The SMILES string of the molecule is O=C(Cn1cccc([N+](=O)[O-])c1=O)Nc1c(Cl)c(Cl)cc(Cl)c1Cl. The summed E-state index contributed by atoms with van der Waals surface area (Å²) in [7, 11) is 0. The smallest absolute Gasteiger partial charge is 0.322 e. The second-order valence-corrected chi connectivity index (χ2v) is 6.05. The third-order valence-corrected chi connectivity index (χ3v) is 4.46. The van der Waals surface area contributed by atoms with Crippen molar-refractivity contribution in [3.05, 3.63) is 65.0 Å². The predicted molar refractivity (Wildman–Crippen MR) is 92.5 cm³/mol. The van der Waals surface area contributed by atoms with Crippen LogP contribution >= 0.6 is 46.4 Å². The van der Waals surface area contributed by atoms with E-state index in [9.17, 15) is 19.7 Å². The Hall–Kier alpha value is -1.80. The molecule has 0 bridgehead atoms. The molecule has 0 unspecified atom stereocenters. The van der Waals surface area contributed by atoms with Crippen LogP contribution in [-0.2, 0) is 11.3 Å². The molecule has 1 heterocycles. The molecule has 1 aromatic heterocycles. The van der Waals surface area contributed by atoms with Gasteiger partial charge in [-0.2, -0.15) is 0 Å². The maximum atomic E-state index is 12.1. The van der Waals surface area contributed by atoms with Crippen LogP contribution in [0.2, 0.25) is 20.1 Å². The molecule has 24 heavy (non-hydrogen) atoms. The lowest BCUT2D eigenvalue weighted by Gasteiger charge is -2.12. The summed E-state index contributed by atoms with van der Waals surface area (Å²) in [6.07, 6.45) is 1.24. The number of amides is 1. The van der Waals surface area contributed by atoms with Crippen molar-refractivity contribution in [2.45, 2.75) is 6.54 Å². The fraction of sp³-hybridized carbons (Fsp3) is 0.0769. The molecule has 1 aromatic carbocycles. The number of carbonyl (C=O) groups is 1. The van der Waals surface area contributed by atoms with Crippen molar-refractivity contribution in [1.29, 1.82) is 0 Å². The number of benzene rings is 1. The van der Waals surface area contributed by atoms with Crippen molar-refractivity contribution in [3.63, 3.8) is 0 Å². The lowest BCUT2D eigenvalue weighted by molar-refractivity contribution is -0.386. The van der Waals surface area contributed by atoms with Crippen molar-refractivity contribution < 1.29 is 9.72 Å². The second-order valence-electron chi connectivity index (χ2n) is 4.47. The van der Waals surface area contributed by atoms with Crippen LogP contribution in [0.3, 0.4) is 0 Å². The van der Waals surface area contributed by atoms with Crippen molar-refractivity contribution in [2.24, 2.45) is 0 Å². The minimum atomic E-state index is -0.918. The van der Waals surface area contributed by atoms with Crippen LogP contribution in [-0.4, -0.2) is 15.4 Å². The average molecular weight is 411 g/mol. The van der Waals surface area contributed by atoms with E-state index in [2.05, 4.69) is 5.32 Å². The van der Waals surface area contributed by atoms with Gasteiger partial charge >= 0.3 is 11.2 Å². The van der Waals surface area contributed by atoms with E-state index in [4.69, 9.17) is 46.4 Å². The first-order chi connectivity index (χ1) is 11.2. The van der Waals surface area contributed by atoms with Gasteiger partial charge in [-0.15, -0.1) is 0 Å². The van der Waals surface area contributed by atoms with Crippen LogP contribution in [0, 0.1) is 10.1 Å². The topological polar surface area (TPSA) is 94.2 Å². The number of hydrogen-bond acceptors (Lipinski definition) is 4. The van der Waals surface area contributed by atoms with Gasteiger partial charge in [-0.25, -0.2) is 0 Å². The molecule has 0 aliphatic heterocycles. The van der Waals surface area contributed by atoms with Crippen LogP contribution in [0.15, 0.2) is 29.2 Å². The number of nitrogens with one attached hydrogen (secondary N) is 1. The number of halogens is 4. The summed E-state index contributed by atoms with van der Waals surface area (Å²) in [5, 5.41) is 13.2. The van der Waals surface area contributed by atoms with Crippen LogP contribution in [0.1, 0.15) is 0 Å². The van der Waals surface area contributed by atoms with E-state index >= 15 is 0 Å². The van der Waals surface area contributed by atoms with Crippen molar-refractivity contribution >= 4 is 63.7 Å².